The summed E-state index contributed by atoms with van der Waals surface area (Å²) in [7, 11) is 1.70. The van der Waals surface area contributed by atoms with E-state index in [0.717, 1.165) is 49.8 Å². The second kappa shape index (κ2) is 6.09. The highest BCUT2D eigenvalue weighted by atomic mass is 16.5. The maximum Gasteiger partial charge on any atom is 0.326 e. The molecule has 2 aromatic rings. The summed E-state index contributed by atoms with van der Waals surface area (Å²) in [5.41, 5.74) is 1.78. The van der Waals surface area contributed by atoms with E-state index in [-0.39, 0.29) is 29.7 Å². The number of carbonyl (C=O) groups is 1. The number of para-hydroxylation sites is 2. The molecule has 2 heterocycles. The number of nitrogens with one attached hydrogen (secondary N) is 1. The monoisotopic (exact) mass is 329 g/mol. The van der Waals surface area contributed by atoms with Crippen molar-refractivity contribution in [1.82, 2.24) is 14.5 Å². The summed E-state index contributed by atoms with van der Waals surface area (Å²) in [4.78, 5) is 29.7. The molecule has 1 saturated carbocycles. The molecule has 6 heteroatoms. The number of carbonyl (C=O) groups excluding carboxylic acids is 1. The smallest absolute Gasteiger partial charge is 0.326 e. The predicted molar refractivity (Wildman–Crippen MR) is 90.9 cm³/mol. The quantitative estimate of drug-likeness (QED) is 0.935. The van der Waals surface area contributed by atoms with Crippen molar-refractivity contribution < 1.29 is 9.53 Å². The third-order valence-corrected chi connectivity index (χ3v) is 5.54. The Kier molecular flexibility index (Phi) is 3.92. The lowest BCUT2D eigenvalue weighted by Crippen LogP contribution is -2.47. The van der Waals surface area contributed by atoms with Crippen LogP contribution in [0.25, 0.3) is 11.0 Å². The van der Waals surface area contributed by atoms with Gasteiger partial charge in [0.05, 0.1) is 17.1 Å². The van der Waals surface area contributed by atoms with Gasteiger partial charge in [0.1, 0.15) is 0 Å². The summed E-state index contributed by atoms with van der Waals surface area (Å²) in [6, 6.07) is 7.94. The minimum Gasteiger partial charge on any atom is -0.381 e. The number of H-pyrrole nitrogens is 1. The number of benzene rings is 1. The Morgan fingerprint density at radius 3 is 2.62 bits per heavy atom. The van der Waals surface area contributed by atoms with E-state index >= 15 is 0 Å². The highest BCUT2D eigenvalue weighted by Crippen LogP contribution is 2.33. The number of aromatic amines is 1. The lowest BCUT2D eigenvalue weighted by molar-refractivity contribution is -0.144. The van der Waals surface area contributed by atoms with E-state index in [1.165, 1.54) is 0 Å². The number of piperidine rings is 1. The first kappa shape index (κ1) is 15.4. The molecule has 24 heavy (non-hydrogen) atoms. The molecule has 4 rings (SSSR count). The summed E-state index contributed by atoms with van der Waals surface area (Å²) in [5, 5.41) is 0. The first-order valence-corrected chi connectivity index (χ1v) is 8.68. The van der Waals surface area contributed by atoms with Crippen molar-refractivity contribution >= 4 is 16.9 Å². The van der Waals surface area contributed by atoms with Crippen LogP contribution in [0.15, 0.2) is 29.1 Å². The number of aromatic nitrogens is 2. The Balaban J connectivity index is 1.43. The molecule has 1 aromatic heterocycles. The fourth-order valence-electron chi connectivity index (χ4n) is 4.00. The predicted octanol–water partition coefficient (Wildman–Crippen LogP) is 1.92. The molecular weight excluding hydrogens is 306 g/mol. The standard InChI is InChI=1S/C18H23N3O3/c1-24-14-10-12(11-14)17(22)20-8-6-13(7-9-20)21-16-5-3-2-4-15(16)19-18(21)23/h2-5,12-14H,6-11H2,1H3,(H,19,23). The average Bonchev–Trinajstić information content (AvgIpc) is 2.89. The molecule has 0 bridgehead atoms. The molecule has 1 amide bonds. The number of amides is 1. The molecule has 1 aliphatic carbocycles. The molecule has 2 fully saturated rings. The molecule has 1 aliphatic heterocycles. The van der Waals surface area contributed by atoms with Crippen LogP contribution in [-0.2, 0) is 9.53 Å². The van der Waals surface area contributed by atoms with Gasteiger partial charge in [-0.15, -0.1) is 0 Å². The molecule has 1 N–H and O–H groups in total. The van der Waals surface area contributed by atoms with E-state index < -0.39 is 0 Å². The maximum absolute atomic E-state index is 12.5. The number of rotatable bonds is 3. The van der Waals surface area contributed by atoms with Gasteiger partial charge in [0.2, 0.25) is 5.91 Å². The minimum absolute atomic E-state index is 0.0529. The fraction of sp³-hybridized carbons (Fsp3) is 0.556. The summed E-state index contributed by atoms with van der Waals surface area (Å²) < 4.78 is 7.12. The van der Waals surface area contributed by atoms with Gasteiger partial charge < -0.3 is 14.6 Å². The number of hydrogen-bond acceptors (Lipinski definition) is 3. The van der Waals surface area contributed by atoms with E-state index in [0.29, 0.717) is 0 Å². The molecule has 1 saturated heterocycles. The van der Waals surface area contributed by atoms with Crippen LogP contribution in [0.3, 0.4) is 0 Å². The van der Waals surface area contributed by atoms with Crippen molar-refractivity contribution in [2.24, 2.45) is 5.92 Å². The molecule has 1 aromatic carbocycles. The van der Waals surface area contributed by atoms with Crippen LogP contribution in [0.5, 0.6) is 0 Å². The SMILES string of the molecule is COC1CC(C(=O)N2CCC(n3c(=O)[nH]c4ccccc43)CC2)C1. The Bertz CT molecular complexity index is 795. The summed E-state index contributed by atoms with van der Waals surface area (Å²) in [6.07, 6.45) is 3.59. The molecule has 2 aliphatic rings. The van der Waals surface area contributed by atoms with Gasteiger partial charge in [-0.2, -0.15) is 0 Å². The van der Waals surface area contributed by atoms with Gasteiger partial charge in [-0.3, -0.25) is 9.36 Å². The van der Waals surface area contributed by atoms with Gasteiger partial charge in [0.15, 0.2) is 0 Å². The number of methoxy groups -OCH3 is 1. The number of fused-ring (bicyclic) bond motifs is 1. The number of imidazole rings is 1. The maximum atomic E-state index is 12.5. The Labute approximate surface area is 140 Å². The molecule has 0 spiro atoms. The third kappa shape index (κ3) is 2.55. The molecule has 0 unspecified atom stereocenters. The van der Waals surface area contributed by atoms with Crippen LogP contribution in [-0.4, -0.2) is 46.7 Å². The Hall–Kier alpha value is -2.08. The topological polar surface area (TPSA) is 67.3 Å². The summed E-state index contributed by atoms with van der Waals surface area (Å²) in [6.45, 7) is 1.45. The van der Waals surface area contributed by atoms with Crippen molar-refractivity contribution in [1.29, 1.82) is 0 Å². The second-order valence-corrected chi connectivity index (χ2v) is 6.90. The van der Waals surface area contributed by atoms with E-state index in [1.807, 2.05) is 33.7 Å². The van der Waals surface area contributed by atoms with Gasteiger partial charge in [-0.05, 0) is 37.8 Å². The van der Waals surface area contributed by atoms with Crippen LogP contribution < -0.4 is 5.69 Å². The van der Waals surface area contributed by atoms with E-state index in [9.17, 15) is 9.59 Å². The normalized spacial score (nSPS) is 25.0. The Morgan fingerprint density at radius 1 is 1.21 bits per heavy atom. The van der Waals surface area contributed by atoms with Crippen LogP contribution in [0.1, 0.15) is 31.7 Å². The minimum atomic E-state index is -0.0529. The van der Waals surface area contributed by atoms with Gasteiger partial charge in [0.25, 0.3) is 0 Å². The van der Waals surface area contributed by atoms with E-state index in [1.54, 1.807) is 7.11 Å². The average molecular weight is 329 g/mol. The van der Waals surface area contributed by atoms with Gasteiger partial charge >= 0.3 is 5.69 Å². The van der Waals surface area contributed by atoms with E-state index in [2.05, 4.69) is 4.98 Å². The summed E-state index contributed by atoms with van der Waals surface area (Å²) in [5.74, 6) is 0.385. The molecular formula is C18H23N3O3. The van der Waals surface area contributed by atoms with Crippen molar-refractivity contribution in [2.75, 3.05) is 20.2 Å². The zero-order chi connectivity index (χ0) is 16.7. The summed E-state index contributed by atoms with van der Waals surface area (Å²) >= 11 is 0. The van der Waals surface area contributed by atoms with Gasteiger partial charge in [0, 0.05) is 32.2 Å². The molecule has 0 radical (unpaired) electrons. The highest BCUT2D eigenvalue weighted by Gasteiger charge is 2.38. The van der Waals surface area contributed by atoms with Gasteiger partial charge in [-0.25, -0.2) is 4.79 Å². The van der Waals surface area contributed by atoms with Crippen molar-refractivity contribution in [2.45, 2.75) is 37.8 Å². The van der Waals surface area contributed by atoms with E-state index in [4.69, 9.17) is 4.74 Å². The Morgan fingerprint density at radius 2 is 1.92 bits per heavy atom. The molecule has 0 atom stereocenters. The zero-order valence-corrected chi connectivity index (χ0v) is 13.9. The largest absolute Gasteiger partial charge is 0.381 e. The highest BCUT2D eigenvalue weighted by molar-refractivity contribution is 5.80. The third-order valence-electron chi connectivity index (χ3n) is 5.54. The van der Waals surface area contributed by atoms with Crippen molar-refractivity contribution in [3.63, 3.8) is 0 Å². The van der Waals surface area contributed by atoms with Crippen LogP contribution in [0.2, 0.25) is 0 Å². The number of likely N-dealkylation sites (tertiary alicyclic amines) is 1. The number of nitrogens with zero attached hydrogens (tertiary/aromatic N) is 2. The van der Waals surface area contributed by atoms with Crippen LogP contribution >= 0.6 is 0 Å². The van der Waals surface area contributed by atoms with Crippen LogP contribution in [0, 0.1) is 5.92 Å². The number of ether oxygens (including phenoxy) is 1. The van der Waals surface area contributed by atoms with Crippen molar-refractivity contribution in [3.8, 4) is 0 Å². The molecule has 128 valence electrons. The number of hydrogen-bond donors (Lipinski definition) is 1. The van der Waals surface area contributed by atoms with Crippen molar-refractivity contribution in [3.05, 3.63) is 34.7 Å². The lowest BCUT2D eigenvalue weighted by Gasteiger charge is -2.39. The second-order valence-electron chi connectivity index (χ2n) is 6.90. The molecule has 6 nitrogen and oxygen atoms in total. The van der Waals surface area contributed by atoms with Crippen LogP contribution in [0.4, 0.5) is 0 Å². The van der Waals surface area contributed by atoms with Gasteiger partial charge in [-0.1, -0.05) is 12.1 Å². The first-order chi connectivity index (χ1) is 11.7. The zero-order valence-electron chi connectivity index (χ0n) is 13.9. The lowest BCUT2D eigenvalue weighted by atomic mass is 9.81. The first-order valence-electron chi connectivity index (χ1n) is 8.68. The fourth-order valence-corrected chi connectivity index (χ4v) is 4.00.